The van der Waals surface area contributed by atoms with Crippen molar-refractivity contribution in [2.75, 3.05) is 13.1 Å². The van der Waals surface area contributed by atoms with Crippen LogP contribution in [0.15, 0.2) is 24.3 Å². The van der Waals surface area contributed by atoms with Gasteiger partial charge in [-0.15, -0.1) is 0 Å². The van der Waals surface area contributed by atoms with Crippen LogP contribution in [0.1, 0.15) is 39.2 Å². The lowest BCUT2D eigenvalue weighted by Crippen LogP contribution is -2.57. The average Bonchev–Trinajstić information content (AvgIpc) is 2.46. The van der Waals surface area contributed by atoms with Gasteiger partial charge in [-0.3, -0.25) is 4.90 Å². The number of hydrogen-bond donors (Lipinski definition) is 1. The summed E-state index contributed by atoms with van der Waals surface area (Å²) in [6, 6.07) is 9.52. The molecule has 0 radical (unpaired) electrons. The lowest BCUT2D eigenvalue weighted by Gasteiger charge is -2.43. The molecule has 3 atom stereocenters. The van der Waals surface area contributed by atoms with Crippen LogP contribution in [0.4, 0.5) is 0 Å². The van der Waals surface area contributed by atoms with E-state index in [0.717, 1.165) is 30.6 Å². The molecule has 3 unspecified atom stereocenters. The van der Waals surface area contributed by atoms with Crippen LogP contribution in [0.5, 0.6) is 0 Å². The second-order valence-electron chi connectivity index (χ2n) is 6.03. The average molecular weight is 295 g/mol. The van der Waals surface area contributed by atoms with Gasteiger partial charge in [0, 0.05) is 36.7 Å². The van der Waals surface area contributed by atoms with Crippen LogP contribution in [0.2, 0.25) is 5.02 Å². The number of benzene rings is 1. The van der Waals surface area contributed by atoms with Crippen LogP contribution >= 0.6 is 11.6 Å². The Bertz CT molecular complexity index is 421. The predicted octanol–water partition coefficient (Wildman–Crippen LogP) is 3.94. The lowest BCUT2D eigenvalue weighted by molar-refractivity contribution is 0.0833. The van der Waals surface area contributed by atoms with Crippen molar-refractivity contribution in [1.29, 1.82) is 0 Å². The van der Waals surface area contributed by atoms with E-state index in [4.69, 9.17) is 11.6 Å². The van der Waals surface area contributed by atoms with E-state index >= 15 is 0 Å². The molecule has 1 fully saturated rings. The molecule has 0 amide bonds. The summed E-state index contributed by atoms with van der Waals surface area (Å²) in [5, 5.41) is 4.53. The maximum atomic E-state index is 6.11. The largest absolute Gasteiger partial charge is 0.311 e. The molecular weight excluding hydrogens is 268 g/mol. The SMILES string of the molecule is CCC1CN(Cc2cccc(Cl)c2)C(C(C)CC)CN1. The fraction of sp³-hybridized carbons (Fsp3) is 0.647. The third kappa shape index (κ3) is 3.97. The summed E-state index contributed by atoms with van der Waals surface area (Å²) in [5.41, 5.74) is 1.32. The van der Waals surface area contributed by atoms with E-state index in [2.05, 4.69) is 49.2 Å². The van der Waals surface area contributed by atoms with Crippen molar-refractivity contribution in [3.8, 4) is 0 Å². The molecular formula is C17H27ClN2. The normalized spacial score (nSPS) is 25.6. The Morgan fingerprint density at radius 2 is 2.20 bits per heavy atom. The molecule has 1 aliphatic heterocycles. The van der Waals surface area contributed by atoms with Crippen LogP contribution in [-0.2, 0) is 6.54 Å². The zero-order valence-corrected chi connectivity index (χ0v) is 13.7. The molecule has 112 valence electrons. The van der Waals surface area contributed by atoms with Gasteiger partial charge >= 0.3 is 0 Å². The van der Waals surface area contributed by atoms with Crippen molar-refractivity contribution in [2.24, 2.45) is 5.92 Å². The van der Waals surface area contributed by atoms with Gasteiger partial charge in [0.25, 0.3) is 0 Å². The van der Waals surface area contributed by atoms with E-state index in [1.165, 1.54) is 18.4 Å². The summed E-state index contributed by atoms with van der Waals surface area (Å²) in [7, 11) is 0. The van der Waals surface area contributed by atoms with E-state index in [0.29, 0.717) is 12.1 Å². The number of halogens is 1. The standard InChI is InChI=1S/C17H27ClN2/c1-4-13(3)17-10-19-16(5-2)12-20(17)11-14-7-6-8-15(18)9-14/h6-9,13,16-17,19H,4-5,10-12H2,1-3H3. The second kappa shape index (κ2) is 7.44. The fourth-order valence-corrected chi connectivity index (χ4v) is 3.27. The molecule has 1 aromatic carbocycles. The minimum Gasteiger partial charge on any atom is -0.311 e. The Hall–Kier alpha value is -0.570. The Balaban J connectivity index is 2.10. The third-order valence-corrected chi connectivity index (χ3v) is 4.84. The molecule has 1 aromatic rings. The third-order valence-electron chi connectivity index (χ3n) is 4.61. The Labute approximate surface area is 128 Å². The van der Waals surface area contributed by atoms with E-state index in [1.54, 1.807) is 0 Å². The van der Waals surface area contributed by atoms with Crippen molar-refractivity contribution >= 4 is 11.6 Å². The highest BCUT2D eigenvalue weighted by atomic mass is 35.5. The minimum absolute atomic E-state index is 0.620. The van der Waals surface area contributed by atoms with Crippen LogP contribution < -0.4 is 5.32 Å². The molecule has 0 aliphatic carbocycles. The monoisotopic (exact) mass is 294 g/mol. The molecule has 20 heavy (non-hydrogen) atoms. The molecule has 0 spiro atoms. The quantitative estimate of drug-likeness (QED) is 0.885. The van der Waals surface area contributed by atoms with E-state index < -0.39 is 0 Å². The Kier molecular flexibility index (Phi) is 5.88. The number of rotatable bonds is 5. The van der Waals surface area contributed by atoms with Crippen LogP contribution in [0.3, 0.4) is 0 Å². The van der Waals surface area contributed by atoms with Gasteiger partial charge in [0.1, 0.15) is 0 Å². The molecule has 1 heterocycles. The Morgan fingerprint density at radius 3 is 2.85 bits per heavy atom. The van der Waals surface area contributed by atoms with Crippen LogP contribution in [0.25, 0.3) is 0 Å². The topological polar surface area (TPSA) is 15.3 Å². The molecule has 0 saturated carbocycles. The first-order chi connectivity index (χ1) is 9.63. The first kappa shape index (κ1) is 15.8. The highest BCUT2D eigenvalue weighted by Crippen LogP contribution is 2.22. The summed E-state index contributed by atoms with van der Waals surface area (Å²) < 4.78 is 0. The van der Waals surface area contributed by atoms with E-state index in [9.17, 15) is 0 Å². The van der Waals surface area contributed by atoms with E-state index in [-0.39, 0.29) is 0 Å². The molecule has 2 rings (SSSR count). The van der Waals surface area contributed by atoms with Gasteiger partial charge in [-0.1, -0.05) is 50.9 Å². The maximum Gasteiger partial charge on any atom is 0.0409 e. The first-order valence-electron chi connectivity index (χ1n) is 7.85. The first-order valence-corrected chi connectivity index (χ1v) is 8.23. The van der Waals surface area contributed by atoms with Crippen LogP contribution in [-0.4, -0.2) is 30.1 Å². The van der Waals surface area contributed by atoms with Crippen molar-refractivity contribution in [3.63, 3.8) is 0 Å². The summed E-state index contributed by atoms with van der Waals surface area (Å²) in [4.78, 5) is 2.64. The molecule has 1 saturated heterocycles. The molecule has 0 bridgehead atoms. The molecule has 3 heteroatoms. The summed E-state index contributed by atoms with van der Waals surface area (Å²) in [6.45, 7) is 10.2. The van der Waals surface area contributed by atoms with Gasteiger partial charge in [-0.05, 0) is 30.0 Å². The number of piperazine rings is 1. The fourth-order valence-electron chi connectivity index (χ4n) is 3.06. The minimum atomic E-state index is 0.620. The summed E-state index contributed by atoms with van der Waals surface area (Å²) in [6.07, 6.45) is 2.43. The Morgan fingerprint density at radius 1 is 1.40 bits per heavy atom. The van der Waals surface area contributed by atoms with Gasteiger partial charge < -0.3 is 5.32 Å². The summed E-state index contributed by atoms with van der Waals surface area (Å²) in [5.74, 6) is 0.722. The predicted molar refractivity (Wildman–Crippen MR) is 87.2 cm³/mol. The summed E-state index contributed by atoms with van der Waals surface area (Å²) >= 11 is 6.11. The smallest absolute Gasteiger partial charge is 0.0409 e. The number of nitrogens with one attached hydrogen (secondary N) is 1. The van der Waals surface area contributed by atoms with Gasteiger partial charge in [0.05, 0.1) is 0 Å². The molecule has 1 N–H and O–H groups in total. The van der Waals surface area contributed by atoms with Gasteiger partial charge in [0.2, 0.25) is 0 Å². The van der Waals surface area contributed by atoms with Crippen molar-refractivity contribution < 1.29 is 0 Å². The van der Waals surface area contributed by atoms with Crippen molar-refractivity contribution in [2.45, 2.75) is 52.2 Å². The highest BCUT2D eigenvalue weighted by Gasteiger charge is 2.29. The maximum absolute atomic E-state index is 6.11. The zero-order valence-electron chi connectivity index (χ0n) is 12.9. The van der Waals surface area contributed by atoms with Gasteiger partial charge in [0.15, 0.2) is 0 Å². The van der Waals surface area contributed by atoms with Crippen molar-refractivity contribution in [3.05, 3.63) is 34.9 Å². The van der Waals surface area contributed by atoms with Gasteiger partial charge in [-0.2, -0.15) is 0 Å². The lowest BCUT2D eigenvalue weighted by atomic mass is 9.93. The van der Waals surface area contributed by atoms with Crippen LogP contribution in [0, 0.1) is 5.92 Å². The molecule has 2 nitrogen and oxygen atoms in total. The van der Waals surface area contributed by atoms with E-state index in [1.807, 2.05) is 6.07 Å². The van der Waals surface area contributed by atoms with Gasteiger partial charge in [-0.25, -0.2) is 0 Å². The van der Waals surface area contributed by atoms with Crippen molar-refractivity contribution in [1.82, 2.24) is 10.2 Å². The highest BCUT2D eigenvalue weighted by molar-refractivity contribution is 6.30. The second-order valence-corrected chi connectivity index (χ2v) is 6.46. The number of nitrogens with zero attached hydrogens (tertiary/aromatic N) is 1. The molecule has 1 aliphatic rings. The zero-order chi connectivity index (χ0) is 14.5. The molecule has 0 aromatic heterocycles. The number of hydrogen-bond acceptors (Lipinski definition) is 2.